The summed E-state index contributed by atoms with van der Waals surface area (Å²) in [5.41, 5.74) is -0.454. The topological polar surface area (TPSA) is 70.7 Å². The fourth-order valence-corrected chi connectivity index (χ4v) is 3.24. The lowest BCUT2D eigenvalue weighted by Gasteiger charge is -2.30. The van der Waals surface area contributed by atoms with Gasteiger partial charge in [0.25, 0.3) is 0 Å². The molecule has 6 nitrogen and oxygen atoms in total. The Morgan fingerprint density at radius 2 is 2.23 bits per heavy atom. The Hall–Kier alpha value is -1.30. The van der Waals surface area contributed by atoms with Crippen molar-refractivity contribution in [1.29, 1.82) is 0 Å². The smallest absolute Gasteiger partial charge is 0.410 e. The van der Waals surface area contributed by atoms with E-state index in [0.717, 1.165) is 25.8 Å². The quantitative estimate of drug-likeness (QED) is 0.828. The predicted molar refractivity (Wildman–Crippen MR) is 84.6 cm³/mol. The van der Waals surface area contributed by atoms with Crippen LogP contribution in [0, 0.1) is 0 Å². The van der Waals surface area contributed by atoms with E-state index in [9.17, 15) is 9.59 Å². The Balaban J connectivity index is 1.82. The van der Waals surface area contributed by atoms with E-state index in [1.165, 1.54) is 0 Å². The molecule has 6 heteroatoms. The van der Waals surface area contributed by atoms with Gasteiger partial charge >= 0.3 is 6.09 Å². The Morgan fingerprint density at radius 3 is 2.82 bits per heavy atom. The molecule has 2 N–H and O–H groups in total. The molecule has 2 fully saturated rings. The molecule has 0 radical (unpaired) electrons. The summed E-state index contributed by atoms with van der Waals surface area (Å²) in [5, 5.41) is 6.32. The van der Waals surface area contributed by atoms with Crippen molar-refractivity contribution in [2.75, 3.05) is 13.1 Å². The number of rotatable bonds is 4. The van der Waals surface area contributed by atoms with Gasteiger partial charge in [0, 0.05) is 37.6 Å². The van der Waals surface area contributed by atoms with Crippen LogP contribution in [0.5, 0.6) is 0 Å². The summed E-state index contributed by atoms with van der Waals surface area (Å²) in [6, 6.07) is 0.701. The molecule has 0 saturated carbocycles. The van der Waals surface area contributed by atoms with Crippen molar-refractivity contribution in [3.05, 3.63) is 0 Å². The number of carbonyl (C=O) groups excluding carboxylic acids is 2. The summed E-state index contributed by atoms with van der Waals surface area (Å²) in [6.45, 7) is 9.27. The van der Waals surface area contributed by atoms with Crippen molar-refractivity contribution in [3.63, 3.8) is 0 Å². The van der Waals surface area contributed by atoms with Gasteiger partial charge in [0.1, 0.15) is 5.60 Å². The predicted octanol–water partition coefficient (Wildman–Crippen LogP) is 1.64. The second-order valence-electron chi connectivity index (χ2n) is 7.48. The molecule has 0 spiro atoms. The maximum Gasteiger partial charge on any atom is 0.410 e. The van der Waals surface area contributed by atoms with Crippen molar-refractivity contribution in [2.45, 2.75) is 77.1 Å². The molecule has 2 heterocycles. The molecule has 22 heavy (non-hydrogen) atoms. The number of ether oxygens (including phenoxy) is 1. The maximum atomic E-state index is 12.3. The number of carbonyl (C=O) groups is 2. The number of likely N-dealkylation sites (tertiary alicyclic amines) is 1. The molecule has 2 saturated heterocycles. The Morgan fingerprint density at radius 1 is 1.50 bits per heavy atom. The molecule has 0 aromatic heterocycles. The minimum Gasteiger partial charge on any atom is -0.444 e. The van der Waals surface area contributed by atoms with E-state index in [2.05, 4.69) is 17.6 Å². The van der Waals surface area contributed by atoms with Gasteiger partial charge < -0.3 is 20.3 Å². The molecule has 2 amide bonds. The zero-order valence-corrected chi connectivity index (χ0v) is 14.1. The third-order valence-electron chi connectivity index (χ3n) is 4.13. The van der Waals surface area contributed by atoms with Crippen LogP contribution in [0.15, 0.2) is 0 Å². The SMILES string of the molecule is CC(CC1CCCN1C(=O)OC(C)(C)C)NC1CNC(=O)C1. The van der Waals surface area contributed by atoms with E-state index >= 15 is 0 Å². The Bertz CT molecular complexity index is 419. The molecule has 0 aromatic rings. The van der Waals surface area contributed by atoms with Crippen LogP contribution in [0.4, 0.5) is 4.79 Å². The minimum absolute atomic E-state index is 0.112. The van der Waals surface area contributed by atoms with Gasteiger partial charge in [-0.3, -0.25) is 4.79 Å². The molecule has 3 atom stereocenters. The fourth-order valence-electron chi connectivity index (χ4n) is 3.24. The standard InChI is InChI=1S/C16H29N3O3/c1-11(18-12-9-14(20)17-10-12)8-13-6-5-7-19(13)15(21)22-16(2,3)4/h11-13,18H,5-10H2,1-4H3,(H,17,20). The van der Waals surface area contributed by atoms with Gasteiger partial charge in [0.15, 0.2) is 0 Å². The lowest BCUT2D eigenvalue weighted by Crippen LogP contribution is -2.44. The number of hydrogen-bond donors (Lipinski definition) is 2. The number of nitrogens with zero attached hydrogens (tertiary/aromatic N) is 1. The molecule has 0 bridgehead atoms. The van der Waals surface area contributed by atoms with E-state index < -0.39 is 5.60 Å². The van der Waals surface area contributed by atoms with Gasteiger partial charge in [-0.2, -0.15) is 0 Å². The van der Waals surface area contributed by atoms with Gasteiger partial charge in [-0.05, 0) is 47.0 Å². The average Bonchev–Trinajstić information content (AvgIpc) is 2.96. The van der Waals surface area contributed by atoms with Crippen molar-refractivity contribution >= 4 is 12.0 Å². The van der Waals surface area contributed by atoms with Gasteiger partial charge in [0.05, 0.1) is 0 Å². The van der Waals surface area contributed by atoms with Crippen LogP contribution < -0.4 is 10.6 Å². The average molecular weight is 311 g/mol. The monoisotopic (exact) mass is 311 g/mol. The molecular weight excluding hydrogens is 282 g/mol. The number of amides is 2. The summed E-state index contributed by atoms with van der Waals surface area (Å²) in [7, 11) is 0. The van der Waals surface area contributed by atoms with Gasteiger partial charge in [-0.15, -0.1) is 0 Å². The van der Waals surface area contributed by atoms with Crippen LogP contribution in [-0.2, 0) is 9.53 Å². The van der Waals surface area contributed by atoms with Crippen LogP contribution in [0.2, 0.25) is 0 Å². The zero-order chi connectivity index (χ0) is 16.3. The van der Waals surface area contributed by atoms with Gasteiger partial charge in [-0.1, -0.05) is 0 Å². The lowest BCUT2D eigenvalue weighted by atomic mass is 10.0. The molecule has 0 aliphatic carbocycles. The van der Waals surface area contributed by atoms with Crippen molar-refractivity contribution in [3.8, 4) is 0 Å². The lowest BCUT2D eigenvalue weighted by molar-refractivity contribution is -0.119. The van der Waals surface area contributed by atoms with E-state index in [1.54, 1.807) is 0 Å². The molecule has 0 aromatic carbocycles. The first-order chi connectivity index (χ1) is 10.2. The van der Waals surface area contributed by atoms with Crippen LogP contribution in [0.25, 0.3) is 0 Å². The van der Waals surface area contributed by atoms with Crippen LogP contribution >= 0.6 is 0 Å². The number of nitrogens with one attached hydrogen (secondary N) is 2. The number of hydrogen-bond acceptors (Lipinski definition) is 4. The Kier molecular flexibility index (Phi) is 5.32. The normalized spacial score (nSPS) is 26.9. The Labute approximate surface area is 132 Å². The first-order valence-electron chi connectivity index (χ1n) is 8.27. The zero-order valence-electron chi connectivity index (χ0n) is 14.1. The first-order valence-corrected chi connectivity index (χ1v) is 8.27. The molecule has 2 aliphatic rings. The summed E-state index contributed by atoms with van der Waals surface area (Å²) in [5.74, 6) is 0.112. The molecule has 2 aliphatic heterocycles. The highest BCUT2D eigenvalue weighted by Crippen LogP contribution is 2.24. The third-order valence-corrected chi connectivity index (χ3v) is 4.13. The summed E-state index contributed by atoms with van der Waals surface area (Å²) >= 11 is 0. The molecular formula is C16H29N3O3. The minimum atomic E-state index is -0.454. The van der Waals surface area contributed by atoms with Crippen molar-refractivity contribution < 1.29 is 14.3 Å². The van der Waals surface area contributed by atoms with Gasteiger partial charge in [-0.25, -0.2) is 4.79 Å². The van der Waals surface area contributed by atoms with E-state index in [-0.39, 0.29) is 30.1 Å². The van der Waals surface area contributed by atoms with Crippen molar-refractivity contribution in [2.24, 2.45) is 0 Å². The third kappa shape index (κ3) is 4.87. The highest BCUT2D eigenvalue weighted by molar-refractivity contribution is 5.78. The van der Waals surface area contributed by atoms with E-state index in [4.69, 9.17) is 4.74 Å². The molecule has 3 unspecified atom stereocenters. The summed E-state index contributed by atoms with van der Waals surface area (Å²) in [6.07, 6.45) is 3.28. The second-order valence-corrected chi connectivity index (χ2v) is 7.48. The summed E-state index contributed by atoms with van der Waals surface area (Å²) in [4.78, 5) is 25.4. The van der Waals surface area contributed by atoms with E-state index in [1.807, 2.05) is 25.7 Å². The summed E-state index contributed by atoms with van der Waals surface area (Å²) < 4.78 is 5.49. The highest BCUT2D eigenvalue weighted by atomic mass is 16.6. The first kappa shape index (κ1) is 17.1. The van der Waals surface area contributed by atoms with Crippen molar-refractivity contribution in [1.82, 2.24) is 15.5 Å². The molecule has 2 rings (SSSR count). The maximum absolute atomic E-state index is 12.3. The van der Waals surface area contributed by atoms with Gasteiger partial charge in [0.2, 0.25) is 5.91 Å². The largest absolute Gasteiger partial charge is 0.444 e. The highest BCUT2D eigenvalue weighted by Gasteiger charge is 2.33. The van der Waals surface area contributed by atoms with Crippen LogP contribution in [-0.4, -0.2) is 53.7 Å². The van der Waals surface area contributed by atoms with E-state index in [0.29, 0.717) is 13.0 Å². The van der Waals surface area contributed by atoms with Crippen LogP contribution in [0.1, 0.15) is 53.4 Å². The second kappa shape index (κ2) is 6.86. The molecule has 126 valence electrons. The van der Waals surface area contributed by atoms with Crippen LogP contribution in [0.3, 0.4) is 0 Å². The fraction of sp³-hybridized carbons (Fsp3) is 0.875.